The van der Waals surface area contributed by atoms with Gasteiger partial charge in [-0.2, -0.15) is 0 Å². The second kappa shape index (κ2) is 6.55. The molecule has 0 saturated carbocycles. The number of nitro benzene ring substituents is 1. The first kappa shape index (κ1) is 13.9. The molecule has 98 valence electrons. The molecule has 0 bridgehead atoms. The van der Waals surface area contributed by atoms with Gasteiger partial charge in [0.05, 0.1) is 10.5 Å². The fourth-order valence-electron chi connectivity index (χ4n) is 1.45. The smallest absolute Gasteiger partial charge is 0.292 e. The van der Waals surface area contributed by atoms with E-state index in [1.165, 1.54) is 18.2 Å². The Morgan fingerprint density at radius 3 is 2.78 bits per heavy atom. The van der Waals surface area contributed by atoms with Gasteiger partial charge in [-0.1, -0.05) is 13.0 Å². The van der Waals surface area contributed by atoms with Crippen molar-refractivity contribution >= 4 is 17.3 Å². The topological polar surface area (TPSA) is 110 Å². The van der Waals surface area contributed by atoms with Crippen LogP contribution in [0.25, 0.3) is 0 Å². The number of nitro groups is 1. The maximum atomic E-state index is 11.8. The maximum absolute atomic E-state index is 11.8. The molecule has 0 saturated heterocycles. The first-order valence-corrected chi connectivity index (χ1v) is 5.59. The van der Waals surface area contributed by atoms with Gasteiger partial charge in [0.25, 0.3) is 11.6 Å². The third-order valence-electron chi connectivity index (χ3n) is 2.36. The van der Waals surface area contributed by atoms with Crippen molar-refractivity contribution in [3.05, 3.63) is 33.9 Å². The standard InChI is InChI=1S/C11H16N4O3/c1-2-13-6-7-14-11(16)8-4-3-5-9(10(8)12)15(17)18/h3-5,13H,2,6-7,12H2,1H3,(H,14,16). The molecular formula is C11H16N4O3. The van der Waals surface area contributed by atoms with Crippen LogP contribution in [0.15, 0.2) is 18.2 Å². The number of nitrogen functional groups attached to an aromatic ring is 1. The number of nitrogens with two attached hydrogens (primary N) is 1. The highest BCUT2D eigenvalue weighted by Crippen LogP contribution is 2.24. The highest BCUT2D eigenvalue weighted by Gasteiger charge is 2.18. The van der Waals surface area contributed by atoms with Gasteiger partial charge in [0.15, 0.2) is 0 Å². The van der Waals surface area contributed by atoms with Crippen LogP contribution in [0.5, 0.6) is 0 Å². The SMILES string of the molecule is CCNCCNC(=O)c1cccc([N+](=O)[O-])c1N. The zero-order chi connectivity index (χ0) is 13.5. The second-order valence-electron chi connectivity index (χ2n) is 3.60. The zero-order valence-electron chi connectivity index (χ0n) is 10.1. The van der Waals surface area contributed by atoms with E-state index in [1.54, 1.807) is 0 Å². The lowest BCUT2D eigenvalue weighted by Crippen LogP contribution is -2.32. The van der Waals surface area contributed by atoms with Gasteiger partial charge in [0.1, 0.15) is 5.69 Å². The predicted molar refractivity (Wildman–Crippen MR) is 68.4 cm³/mol. The van der Waals surface area contributed by atoms with E-state index in [4.69, 9.17) is 5.73 Å². The Balaban J connectivity index is 2.74. The van der Waals surface area contributed by atoms with E-state index in [0.717, 1.165) is 6.54 Å². The number of amides is 1. The van der Waals surface area contributed by atoms with Gasteiger partial charge in [-0.3, -0.25) is 14.9 Å². The molecular weight excluding hydrogens is 236 g/mol. The van der Waals surface area contributed by atoms with Gasteiger partial charge in [-0.25, -0.2) is 0 Å². The molecule has 18 heavy (non-hydrogen) atoms. The van der Waals surface area contributed by atoms with E-state index in [-0.39, 0.29) is 16.9 Å². The summed E-state index contributed by atoms with van der Waals surface area (Å²) in [5.74, 6) is -0.408. The van der Waals surface area contributed by atoms with Crippen LogP contribution in [-0.2, 0) is 0 Å². The zero-order valence-corrected chi connectivity index (χ0v) is 10.1. The van der Waals surface area contributed by atoms with E-state index < -0.39 is 10.8 Å². The number of nitrogens with one attached hydrogen (secondary N) is 2. The van der Waals surface area contributed by atoms with Gasteiger partial charge in [0.2, 0.25) is 0 Å². The number of carbonyl (C=O) groups is 1. The van der Waals surface area contributed by atoms with E-state index in [9.17, 15) is 14.9 Å². The number of likely N-dealkylation sites (N-methyl/N-ethyl adjacent to an activating group) is 1. The summed E-state index contributed by atoms with van der Waals surface area (Å²) < 4.78 is 0. The Hall–Kier alpha value is -2.15. The minimum Gasteiger partial charge on any atom is -0.393 e. The number of nitrogens with zero attached hydrogens (tertiary/aromatic N) is 1. The molecule has 7 nitrogen and oxygen atoms in total. The van der Waals surface area contributed by atoms with Crippen LogP contribution in [0, 0.1) is 10.1 Å². The van der Waals surface area contributed by atoms with Gasteiger partial charge < -0.3 is 16.4 Å². The van der Waals surface area contributed by atoms with Gasteiger partial charge >= 0.3 is 0 Å². The van der Waals surface area contributed by atoms with Crippen molar-refractivity contribution in [1.82, 2.24) is 10.6 Å². The van der Waals surface area contributed by atoms with Crippen LogP contribution in [0.1, 0.15) is 17.3 Å². The number of hydrogen-bond acceptors (Lipinski definition) is 5. The quantitative estimate of drug-likeness (QED) is 0.296. The summed E-state index contributed by atoms with van der Waals surface area (Å²) in [6.45, 7) is 3.85. The molecule has 0 unspecified atom stereocenters. The van der Waals surface area contributed by atoms with Crippen LogP contribution in [0.4, 0.5) is 11.4 Å². The fourth-order valence-corrected chi connectivity index (χ4v) is 1.45. The van der Waals surface area contributed by atoms with Crippen molar-refractivity contribution < 1.29 is 9.72 Å². The van der Waals surface area contributed by atoms with Crippen molar-refractivity contribution in [3.63, 3.8) is 0 Å². The fraction of sp³-hybridized carbons (Fsp3) is 0.364. The highest BCUT2D eigenvalue weighted by atomic mass is 16.6. The molecule has 1 aromatic rings. The van der Waals surface area contributed by atoms with E-state index in [2.05, 4.69) is 10.6 Å². The molecule has 0 heterocycles. The van der Waals surface area contributed by atoms with E-state index in [1.807, 2.05) is 6.92 Å². The molecule has 0 aliphatic heterocycles. The number of carbonyl (C=O) groups excluding carboxylic acids is 1. The predicted octanol–water partition coefficient (Wildman–Crippen LogP) is 0.516. The van der Waals surface area contributed by atoms with Crippen molar-refractivity contribution in [2.75, 3.05) is 25.4 Å². The van der Waals surface area contributed by atoms with E-state index >= 15 is 0 Å². The highest BCUT2D eigenvalue weighted by molar-refractivity contribution is 6.00. The lowest BCUT2D eigenvalue weighted by atomic mass is 10.1. The van der Waals surface area contributed by atoms with Gasteiger partial charge in [-0.05, 0) is 12.6 Å². The van der Waals surface area contributed by atoms with Crippen molar-refractivity contribution in [1.29, 1.82) is 0 Å². The van der Waals surface area contributed by atoms with Crippen LogP contribution in [-0.4, -0.2) is 30.5 Å². The summed E-state index contributed by atoms with van der Waals surface area (Å²) in [6, 6.07) is 4.17. The van der Waals surface area contributed by atoms with Crippen LogP contribution in [0.2, 0.25) is 0 Å². The van der Waals surface area contributed by atoms with Crippen LogP contribution >= 0.6 is 0 Å². The normalized spacial score (nSPS) is 10.1. The van der Waals surface area contributed by atoms with Gasteiger partial charge in [-0.15, -0.1) is 0 Å². The van der Waals surface area contributed by atoms with Crippen molar-refractivity contribution in [2.24, 2.45) is 0 Å². The summed E-state index contributed by atoms with van der Waals surface area (Å²) in [7, 11) is 0. The maximum Gasteiger partial charge on any atom is 0.292 e. The van der Waals surface area contributed by atoms with Crippen LogP contribution in [0.3, 0.4) is 0 Å². The second-order valence-corrected chi connectivity index (χ2v) is 3.60. The summed E-state index contributed by atoms with van der Waals surface area (Å²) >= 11 is 0. The molecule has 0 aromatic heterocycles. The molecule has 4 N–H and O–H groups in total. The molecule has 0 aliphatic carbocycles. The Bertz CT molecular complexity index is 448. The molecule has 1 aromatic carbocycles. The Kier molecular flexibility index (Phi) is 5.06. The average molecular weight is 252 g/mol. The molecule has 1 rings (SSSR count). The summed E-state index contributed by atoms with van der Waals surface area (Å²) in [5.41, 5.74) is 5.36. The third-order valence-corrected chi connectivity index (χ3v) is 2.36. The van der Waals surface area contributed by atoms with Crippen LogP contribution < -0.4 is 16.4 Å². The lowest BCUT2D eigenvalue weighted by Gasteiger charge is -2.07. The molecule has 7 heteroatoms. The largest absolute Gasteiger partial charge is 0.393 e. The minimum atomic E-state index is -0.606. The first-order chi connectivity index (χ1) is 8.57. The number of para-hydroxylation sites is 1. The summed E-state index contributed by atoms with van der Waals surface area (Å²) in [6.07, 6.45) is 0. The lowest BCUT2D eigenvalue weighted by molar-refractivity contribution is -0.383. The Labute approximate surface area is 105 Å². The van der Waals surface area contributed by atoms with E-state index in [0.29, 0.717) is 13.1 Å². The number of rotatable bonds is 6. The minimum absolute atomic E-state index is 0.108. The molecule has 0 radical (unpaired) electrons. The number of anilines is 1. The van der Waals surface area contributed by atoms with Gasteiger partial charge in [0, 0.05) is 19.2 Å². The van der Waals surface area contributed by atoms with Crippen molar-refractivity contribution in [3.8, 4) is 0 Å². The summed E-state index contributed by atoms with van der Waals surface area (Å²) in [4.78, 5) is 21.8. The average Bonchev–Trinajstić information content (AvgIpc) is 2.34. The molecule has 0 atom stereocenters. The Morgan fingerprint density at radius 1 is 1.44 bits per heavy atom. The molecule has 0 aliphatic rings. The Morgan fingerprint density at radius 2 is 2.17 bits per heavy atom. The summed E-state index contributed by atoms with van der Waals surface area (Å²) in [5, 5.41) is 16.4. The number of benzene rings is 1. The molecule has 0 fully saturated rings. The third kappa shape index (κ3) is 3.42. The van der Waals surface area contributed by atoms with Crippen molar-refractivity contribution in [2.45, 2.75) is 6.92 Å². The molecule has 1 amide bonds. The number of hydrogen-bond donors (Lipinski definition) is 3. The molecule has 0 spiro atoms. The first-order valence-electron chi connectivity index (χ1n) is 5.59. The monoisotopic (exact) mass is 252 g/mol.